The lowest BCUT2D eigenvalue weighted by Gasteiger charge is -2.42. The molecule has 0 amide bonds. The Bertz CT molecular complexity index is 998. The molecule has 0 N–H and O–H groups in total. The molecule has 3 nitrogen and oxygen atoms in total. The van der Waals surface area contributed by atoms with Crippen molar-refractivity contribution in [1.82, 2.24) is 4.90 Å². The molecule has 0 aromatic heterocycles. The van der Waals surface area contributed by atoms with Crippen LogP contribution in [0.5, 0.6) is 0 Å². The van der Waals surface area contributed by atoms with E-state index in [-0.39, 0.29) is 11.1 Å². The molecule has 3 rings (SSSR count). The highest BCUT2D eigenvalue weighted by atomic mass is 28.4. The Balaban J connectivity index is 2.01. The standard InChI is InChI=1S/C30H38N2OSi/c1-30(2,3)34(4,5)33-29(22-31)28(21-25-15-9-6-10-16-25)32(23-26-17-11-7-12-18-26)24-27-19-13-8-14-20-27/h6-20,28-29H,21,23-24H2,1-5H3/t28-,29+/m0/s1. The van der Waals surface area contributed by atoms with Crippen LogP contribution in [0.1, 0.15) is 37.5 Å². The van der Waals surface area contributed by atoms with Crippen LogP contribution in [0.3, 0.4) is 0 Å². The van der Waals surface area contributed by atoms with Crippen molar-refractivity contribution in [2.24, 2.45) is 0 Å². The van der Waals surface area contributed by atoms with Gasteiger partial charge in [0.2, 0.25) is 0 Å². The highest BCUT2D eigenvalue weighted by Crippen LogP contribution is 2.38. The van der Waals surface area contributed by atoms with Gasteiger partial charge in [0.15, 0.2) is 8.32 Å². The number of nitrogens with zero attached hydrogens (tertiary/aromatic N) is 2. The van der Waals surface area contributed by atoms with Crippen molar-refractivity contribution in [2.45, 2.75) is 70.6 Å². The zero-order valence-corrected chi connectivity index (χ0v) is 22.2. The number of hydrogen-bond acceptors (Lipinski definition) is 3. The van der Waals surface area contributed by atoms with Crippen LogP contribution in [0.25, 0.3) is 0 Å². The minimum Gasteiger partial charge on any atom is -0.400 e. The molecule has 0 fully saturated rings. The van der Waals surface area contributed by atoms with E-state index in [0.717, 1.165) is 19.5 Å². The minimum absolute atomic E-state index is 0.0308. The predicted molar refractivity (Wildman–Crippen MR) is 144 cm³/mol. The third kappa shape index (κ3) is 7.14. The van der Waals surface area contributed by atoms with Gasteiger partial charge in [-0.3, -0.25) is 4.90 Å². The van der Waals surface area contributed by atoms with Crippen LogP contribution in [0.15, 0.2) is 91.0 Å². The van der Waals surface area contributed by atoms with E-state index in [1.165, 1.54) is 16.7 Å². The summed E-state index contributed by atoms with van der Waals surface area (Å²) < 4.78 is 6.78. The second kappa shape index (κ2) is 11.6. The van der Waals surface area contributed by atoms with E-state index in [1.807, 2.05) is 18.2 Å². The first-order valence-corrected chi connectivity index (χ1v) is 15.0. The van der Waals surface area contributed by atoms with E-state index >= 15 is 0 Å². The Kier molecular flexibility index (Phi) is 8.85. The molecule has 3 aromatic carbocycles. The van der Waals surface area contributed by atoms with Crippen molar-refractivity contribution in [1.29, 1.82) is 5.26 Å². The van der Waals surface area contributed by atoms with Gasteiger partial charge in [0.05, 0.1) is 12.1 Å². The van der Waals surface area contributed by atoms with Crippen LogP contribution in [0, 0.1) is 11.3 Å². The molecule has 0 aliphatic carbocycles. The van der Waals surface area contributed by atoms with Crippen LogP contribution in [0.4, 0.5) is 0 Å². The Morgan fingerprint density at radius 3 is 1.56 bits per heavy atom. The molecule has 0 spiro atoms. The third-order valence-corrected chi connectivity index (χ3v) is 11.4. The van der Waals surface area contributed by atoms with Gasteiger partial charge in [0.1, 0.15) is 6.10 Å². The van der Waals surface area contributed by atoms with Crippen LogP contribution in [-0.4, -0.2) is 25.4 Å². The molecule has 0 bridgehead atoms. The largest absolute Gasteiger partial charge is 0.400 e. The fourth-order valence-electron chi connectivity index (χ4n) is 3.89. The first kappa shape index (κ1) is 25.9. The van der Waals surface area contributed by atoms with E-state index in [1.54, 1.807) is 0 Å². The second-order valence-corrected chi connectivity index (χ2v) is 15.3. The molecular weight excluding hydrogens is 432 g/mol. The molecule has 0 saturated heterocycles. The van der Waals surface area contributed by atoms with Crippen molar-refractivity contribution < 1.29 is 4.43 Å². The van der Waals surface area contributed by atoms with Crippen LogP contribution in [-0.2, 0) is 23.9 Å². The summed E-state index contributed by atoms with van der Waals surface area (Å²) in [5, 5.41) is 10.4. The number of rotatable bonds is 10. The first-order valence-electron chi connectivity index (χ1n) is 12.1. The molecule has 0 heterocycles. The smallest absolute Gasteiger partial charge is 0.193 e. The van der Waals surface area contributed by atoms with E-state index in [2.05, 4.69) is 118 Å². The average Bonchev–Trinajstić information content (AvgIpc) is 2.82. The fourth-order valence-corrected chi connectivity index (χ4v) is 5.09. The van der Waals surface area contributed by atoms with Gasteiger partial charge in [-0.1, -0.05) is 112 Å². The van der Waals surface area contributed by atoms with Gasteiger partial charge >= 0.3 is 0 Å². The Hall–Kier alpha value is -2.71. The molecular formula is C30H38N2OSi. The summed E-state index contributed by atoms with van der Waals surface area (Å²) in [4.78, 5) is 2.43. The van der Waals surface area contributed by atoms with Crippen molar-refractivity contribution in [2.75, 3.05) is 0 Å². The number of nitriles is 1. The van der Waals surface area contributed by atoms with Crippen LogP contribution in [0.2, 0.25) is 18.1 Å². The molecule has 0 unspecified atom stereocenters. The van der Waals surface area contributed by atoms with E-state index < -0.39 is 14.4 Å². The molecule has 0 aliphatic heterocycles. The van der Waals surface area contributed by atoms with Gasteiger partial charge in [-0.25, -0.2) is 0 Å². The summed E-state index contributed by atoms with van der Waals surface area (Å²) >= 11 is 0. The van der Waals surface area contributed by atoms with Crippen molar-refractivity contribution in [3.63, 3.8) is 0 Å². The van der Waals surface area contributed by atoms with E-state index in [9.17, 15) is 5.26 Å². The van der Waals surface area contributed by atoms with Gasteiger partial charge in [-0.15, -0.1) is 0 Å². The van der Waals surface area contributed by atoms with Crippen LogP contribution >= 0.6 is 0 Å². The zero-order chi connectivity index (χ0) is 24.6. The Labute approximate surface area is 207 Å². The van der Waals surface area contributed by atoms with Crippen molar-refractivity contribution >= 4 is 8.32 Å². The maximum Gasteiger partial charge on any atom is 0.193 e. The molecule has 0 aliphatic rings. The SMILES string of the molecule is CC(C)(C)[Si](C)(C)O[C@H](C#N)[C@H](Cc1ccccc1)N(Cc1ccccc1)Cc1ccccc1. The molecule has 34 heavy (non-hydrogen) atoms. The van der Waals surface area contributed by atoms with Gasteiger partial charge in [-0.2, -0.15) is 5.26 Å². The second-order valence-electron chi connectivity index (χ2n) is 10.6. The quantitative estimate of drug-likeness (QED) is 0.294. The highest BCUT2D eigenvalue weighted by Gasteiger charge is 2.42. The summed E-state index contributed by atoms with van der Waals surface area (Å²) in [7, 11) is -2.15. The summed E-state index contributed by atoms with van der Waals surface area (Å²) in [6.07, 6.45) is 0.237. The number of benzene rings is 3. The molecule has 178 valence electrons. The summed E-state index contributed by atoms with van der Waals surface area (Å²) in [6, 6.07) is 34.0. The highest BCUT2D eigenvalue weighted by molar-refractivity contribution is 6.74. The molecule has 3 aromatic rings. The van der Waals surface area contributed by atoms with Gasteiger partial charge in [-0.05, 0) is 41.2 Å². The molecule has 0 radical (unpaired) electrons. The zero-order valence-electron chi connectivity index (χ0n) is 21.2. The van der Waals surface area contributed by atoms with Crippen LogP contribution < -0.4 is 0 Å². The Morgan fingerprint density at radius 2 is 1.18 bits per heavy atom. The molecule has 0 saturated carbocycles. The molecule has 4 heteroatoms. The lowest BCUT2D eigenvalue weighted by atomic mass is 9.98. The summed E-state index contributed by atoms with van der Waals surface area (Å²) in [5.74, 6) is 0. The van der Waals surface area contributed by atoms with E-state index in [4.69, 9.17) is 4.43 Å². The van der Waals surface area contributed by atoms with Crippen molar-refractivity contribution in [3.05, 3.63) is 108 Å². The average molecular weight is 471 g/mol. The van der Waals surface area contributed by atoms with Crippen molar-refractivity contribution in [3.8, 4) is 6.07 Å². The van der Waals surface area contributed by atoms with Gasteiger partial charge in [0, 0.05) is 13.1 Å². The number of hydrogen-bond donors (Lipinski definition) is 0. The maximum atomic E-state index is 10.4. The topological polar surface area (TPSA) is 36.3 Å². The Morgan fingerprint density at radius 1 is 0.765 bits per heavy atom. The normalized spacial score (nSPS) is 13.9. The minimum atomic E-state index is -2.15. The van der Waals surface area contributed by atoms with Gasteiger partial charge < -0.3 is 4.43 Å². The fraction of sp³-hybridized carbons (Fsp3) is 0.367. The maximum absolute atomic E-state index is 10.4. The lowest BCUT2D eigenvalue weighted by molar-refractivity contribution is 0.0769. The predicted octanol–water partition coefficient (Wildman–Crippen LogP) is 7.21. The first-order chi connectivity index (χ1) is 16.2. The summed E-state index contributed by atoms with van der Waals surface area (Å²) in [5.41, 5.74) is 3.69. The van der Waals surface area contributed by atoms with Gasteiger partial charge in [0.25, 0.3) is 0 Å². The third-order valence-electron chi connectivity index (χ3n) is 6.92. The summed E-state index contributed by atoms with van der Waals surface area (Å²) in [6.45, 7) is 12.7. The lowest BCUT2D eigenvalue weighted by Crippen LogP contribution is -2.51. The molecule has 2 atom stereocenters. The van der Waals surface area contributed by atoms with E-state index in [0.29, 0.717) is 0 Å². The monoisotopic (exact) mass is 470 g/mol.